The highest BCUT2D eigenvalue weighted by Crippen LogP contribution is 2.34. The second-order valence-corrected chi connectivity index (χ2v) is 9.04. The van der Waals surface area contributed by atoms with Gasteiger partial charge in [0.15, 0.2) is 5.60 Å². The lowest BCUT2D eigenvalue weighted by Gasteiger charge is -2.38. The predicted octanol–water partition coefficient (Wildman–Crippen LogP) is 3.08. The first kappa shape index (κ1) is 26.6. The Morgan fingerprint density at radius 2 is 1.94 bits per heavy atom. The number of aromatic nitrogens is 2. The number of nitrogens with zero attached hydrogens (tertiary/aromatic N) is 5. The fourth-order valence-electron chi connectivity index (χ4n) is 3.62. The normalized spacial score (nSPS) is 21.0. The Morgan fingerprint density at radius 3 is 2.45 bits per heavy atom. The van der Waals surface area contributed by atoms with E-state index in [1.807, 2.05) is 31.8 Å². The van der Waals surface area contributed by atoms with Crippen LogP contribution in [0.2, 0.25) is 0 Å². The zero-order chi connectivity index (χ0) is 25.0. The minimum Gasteiger partial charge on any atom is -0.475 e. The molecule has 33 heavy (non-hydrogen) atoms. The smallest absolute Gasteiger partial charge is 0.475 e. The topological polar surface area (TPSA) is 100 Å². The van der Waals surface area contributed by atoms with E-state index in [0.717, 1.165) is 32.5 Å². The van der Waals surface area contributed by atoms with E-state index >= 15 is 0 Å². The number of halogens is 3. The Hall–Kier alpha value is -2.63. The minimum absolute atomic E-state index is 0.0211. The van der Waals surface area contributed by atoms with Gasteiger partial charge in [0.05, 0.1) is 6.20 Å². The van der Waals surface area contributed by atoms with Gasteiger partial charge in [-0.05, 0) is 47.1 Å². The predicted molar refractivity (Wildman–Crippen MR) is 115 cm³/mol. The summed E-state index contributed by atoms with van der Waals surface area (Å²) >= 11 is 0. The van der Waals surface area contributed by atoms with E-state index in [9.17, 15) is 18.0 Å². The maximum absolute atomic E-state index is 12.5. The summed E-state index contributed by atoms with van der Waals surface area (Å²) in [5.41, 5.74) is 1.41. The van der Waals surface area contributed by atoms with Crippen LogP contribution in [0.3, 0.4) is 0 Å². The van der Waals surface area contributed by atoms with Crippen LogP contribution in [0.4, 0.5) is 13.2 Å². The van der Waals surface area contributed by atoms with Crippen molar-refractivity contribution in [2.45, 2.75) is 77.4 Å². The Morgan fingerprint density at radius 1 is 1.30 bits per heavy atom. The molecule has 1 amide bonds. The Labute approximate surface area is 191 Å². The van der Waals surface area contributed by atoms with Crippen LogP contribution >= 0.6 is 0 Å². The molecule has 1 unspecified atom stereocenters. The van der Waals surface area contributed by atoms with Crippen LogP contribution in [0, 0.1) is 0 Å². The van der Waals surface area contributed by atoms with Gasteiger partial charge in [-0.25, -0.2) is 4.79 Å². The second kappa shape index (κ2) is 10.5. The molecule has 2 aliphatic heterocycles. The van der Waals surface area contributed by atoms with Gasteiger partial charge in [0.2, 0.25) is 0 Å². The Bertz CT molecular complexity index is 868. The van der Waals surface area contributed by atoms with E-state index in [1.165, 1.54) is 5.56 Å². The van der Waals surface area contributed by atoms with Crippen molar-refractivity contribution < 1.29 is 32.7 Å². The zero-order valence-electron chi connectivity index (χ0n) is 19.6. The van der Waals surface area contributed by atoms with Crippen molar-refractivity contribution in [2.75, 3.05) is 20.1 Å². The number of carbonyl (C=O) groups excluding carboxylic acids is 1. The number of alkyl halides is 3. The van der Waals surface area contributed by atoms with Crippen molar-refractivity contribution in [3.05, 3.63) is 18.0 Å². The molecule has 3 heterocycles. The number of hydrogen-bond acceptors (Lipinski definition) is 6. The number of carboxylic acids is 1. The molecule has 2 aliphatic rings. The molecule has 9 nitrogen and oxygen atoms in total. The number of carboxylic acid groups (broad SMARTS) is 1. The first-order valence-electron chi connectivity index (χ1n) is 10.8. The minimum atomic E-state index is -5.08. The molecule has 1 saturated heterocycles. The summed E-state index contributed by atoms with van der Waals surface area (Å²) in [7, 11) is 1.82. The molecule has 186 valence electrons. The molecular weight excluding hydrogens is 443 g/mol. The molecule has 0 aliphatic carbocycles. The van der Waals surface area contributed by atoms with Crippen molar-refractivity contribution >= 4 is 17.6 Å². The second-order valence-electron chi connectivity index (χ2n) is 9.04. The van der Waals surface area contributed by atoms with E-state index in [0.29, 0.717) is 18.2 Å². The first-order valence-corrected chi connectivity index (χ1v) is 10.8. The van der Waals surface area contributed by atoms with Gasteiger partial charge in [0, 0.05) is 50.4 Å². The highest BCUT2D eigenvalue weighted by Gasteiger charge is 2.45. The van der Waals surface area contributed by atoms with Crippen LogP contribution in [0.5, 0.6) is 0 Å². The van der Waals surface area contributed by atoms with Crippen LogP contribution in [-0.2, 0) is 21.0 Å². The van der Waals surface area contributed by atoms with E-state index in [4.69, 9.17) is 14.7 Å². The van der Waals surface area contributed by atoms with Gasteiger partial charge in [0.25, 0.3) is 5.91 Å². The molecule has 1 aromatic rings. The summed E-state index contributed by atoms with van der Waals surface area (Å²) in [5.74, 6) is -2.78. The number of oxime groups is 1. The van der Waals surface area contributed by atoms with Crippen molar-refractivity contribution in [1.29, 1.82) is 0 Å². The summed E-state index contributed by atoms with van der Waals surface area (Å²) in [6.45, 7) is 10.9. The standard InChI is InChI=1S/C19H31N5O2.C2HF3O2/c1-14(2)22(5)18(25)17-9-19(26-21-17)7-6-8-23(13-19)11-16-10-20-24(12-16)15(3)4;3-2(4,5)1(6)7/h10,12,14-15H,6-9,11,13H2,1-5H3;(H,6,7). The van der Waals surface area contributed by atoms with Crippen LogP contribution < -0.4 is 0 Å². The monoisotopic (exact) mass is 475 g/mol. The number of carbonyl (C=O) groups is 2. The Balaban J connectivity index is 0.000000479. The third kappa shape index (κ3) is 7.18. The van der Waals surface area contributed by atoms with Crippen molar-refractivity contribution in [2.24, 2.45) is 5.16 Å². The summed E-state index contributed by atoms with van der Waals surface area (Å²) < 4.78 is 33.7. The zero-order valence-corrected chi connectivity index (χ0v) is 19.6. The summed E-state index contributed by atoms with van der Waals surface area (Å²) in [6, 6.07) is 0.525. The molecule has 0 bridgehead atoms. The molecule has 3 rings (SSSR count). The number of likely N-dealkylation sites (tertiary alicyclic amines) is 1. The van der Waals surface area contributed by atoms with Crippen molar-refractivity contribution in [3.8, 4) is 0 Å². The molecule has 0 radical (unpaired) electrons. The molecular formula is C21H32F3N5O4. The molecule has 1 fully saturated rings. The van der Waals surface area contributed by atoms with Crippen LogP contribution in [0.15, 0.2) is 17.5 Å². The van der Waals surface area contributed by atoms with E-state index in [-0.39, 0.29) is 17.6 Å². The molecule has 1 spiro atoms. The van der Waals surface area contributed by atoms with Gasteiger partial charge in [-0.15, -0.1) is 0 Å². The fraction of sp³-hybridized carbons (Fsp3) is 0.714. The number of piperidine rings is 1. The number of hydrogen-bond donors (Lipinski definition) is 1. The van der Waals surface area contributed by atoms with Crippen LogP contribution in [0.1, 0.15) is 58.6 Å². The highest BCUT2D eigenvalue weighted by atomic mass is 19.4. The third-order valence-corrected chi connectivity index (χ3v) is 5.63. The molecule has 1 aromatic heterocycles. The van der Waals surface area contributed by atoms with Gasteiger partial charge in [-0.1, -0.05) is 5.16 Å². The maximum atomic E-state index is 12.5. The van der Waals surface area contributed by atoms with Gasteiger partial charge in [-0.2, -0.15) is 18.3 Å². The fourth-order valence-corrected chi connectivity index (χ4v) is 3.62. The van der Waals surface area contributed by atoms with E-state index in [1.54, 1.807) is 4.90 Å². The van der Waals surface area contributed by atoms with Crippen LogP contribution in [0.25, 0.3) is 0 Å². The first-order chi connectivity index (χ1) is 15.2. The molecule has 1 N–H and O–H groups in total. The molecule has 0 saturated carbocycles. The quantitative estimate of drug-likeness (QED) is 0.703. The maximum Gasteiger partial charge on any atom is 0.490 e. The van der Waals surface area contributed by atoms with Gasteiger partial charge >= 0.3 is 12.1 Å². The van der Waals surface area contributed by atoms with Crippen LogP contribution in [-0.4, -0.2) is 80.2 Å². The van der Waals surface area contributed by atoms with Gasteiger partial charge < -0.3 is 14.8 Å². The molecule has 1 atom stereocenters. The Kier molecular flexibility index (Phi) is 8.50. The molecule has 0 aromatic carbocycles. The number of rotatable bonds is 5. The average molecular weight is 476 g/mol. The third-order valence-electron chi connectivity index (χ3n) is 5.63. The van der Waals surface area contributed by atoms with Gasteiger partial charge in [0.1, 0.15) is 5.71 Å². The summed E-state index contributed by atoms with van der Waals surface area (Å²) in [6.07, 6.45) is 1.57. The van der Waals surface area contributed by atoms with Gasteiger partial charge in [-0.3, -0.25) is 14.4 Å². The largest absolute Gasteiger partial charge is 0.490 e. The summed E-state index contributed by atoms with van der Waals surface area (Å²) in [5, 5.41) is 15.7. The highest BCUT2D eigenvalue weighted by molar-refractivity contribution is 6.39. The number of amides is 1. The average Bonchev–Trinajstić information content (AvgIpc) is 3.34. The van der Waals surface area contributed by atoms with Crippen molar-refractivity contribution in [1.82, 2.24) is 19.6 Å². The van der Waals surface area contributed by atoms with E-state index in [2.05, 4.69) is 35.2 Å². The van der Waals surface area contributed by atoms with E-state index < -0.39 is 12.1 Å². The van der Waals surface area contributed by atoms with Crippen molar-refractivity contribution in [3.63, 3.8) is 0 Å². The lowest BCUT2D eigenvalue weighted by molar-refractivity contribution is -0.192. The number of aliphatic carboxylic acids is 1. The SMILES string of the molecule is CC(C)N(C)C(=O)C1=NOC2(CCCN(Cc3cnn(C(C)C)c3)C2)C1.O=C(O)C(F)(F)F. The molecule has 12 heteroatoms. The lowest BCUT2D eigenvalue weighted by atomic mass is 9.87. The lowest BCUT2D eigenvalue weighted by Crippen LogP contribution is -2.48. The summed E-state index contributed by atoms with van der Waals surface area (Å²) in [4.78, 5) is 31.4.